The van der Waals surface area contributed by atoms with Crippen LogP contribution >= 0.6 is 15.9 Å². The third-order valence-electron chi connectivity index (χ3n) is 6.66. The number of nitrogens with zero attached hydrogens (tertiary/aromatic N) is 1. The van der Waals surface area contributed by atoms with E-state index in [0.29, 0.717) is 22.4 Å². The zero-order chi connectivity index (χ0) is 33.1. The molecule has 236 valence electrons. The Morgan fingerprint density at radius 2 is 1.26 bits per heavy atom. The molecule has 0 aliphatic carbocycles. The lowest BCUT2D eigenvalue weighted by Gasteiger charge is -2.29. The molecule has 0 bridgehead atoms. The van der Waals surface area contributed by atoms with E-state index in [1.165, 1.54) is 55.6 Å². The minimum Gasteiger partial charge on any atom is -0.497 e. The summed E-state index contributed by atoms with van der Waals surface area (Å²) in [4.78, 5) is 63.4. The van der Waals surface area contributed by atoms with Crippen molar-refractivity contribution in [1.82, 2.24) is 0 Å². The second kappa shape index (κ2) is 15.4. The number of esters is 3. The smallest absolute Gasteiger partial charge is 0.367 e. The van der Waals surface area contributed by atoms with Crippen LogP contribution in [0, 0.1) is 10.1 Å². The van der Waals surface area contributed by atoms with Crippen LogP contribution in [-0.2, 0) is 58.8 Å². The van der Waals surface area contributed by atoms with Crippen LogP contribution in [0.2, 0.25) is 0 Å². The minimum absolute atomic E-state index is 0.131. The molecule has 1 unspecified atom stereocenters. The van der Waals surface area contributed by atoms with Crippen molar-refractivity contribution in [3.05, 3.63) is 139 Å². The van der Waals surface area contributed by atoms with Crippen LogP contribution in [0.1, 0.15) is 32.6 Å². The molecular weight excluding hydrogens is 666 g/mol. The number of hydrogen-bond acceptors (Lipinski definition) is 11. The molecule has 0 N–H and O–H groups in total. The molecule has 4 aromatic rings. The van der Waals surface area contributed by atoms with Gasteiger partial charge in [-0.2, -0.15) is 0 Å². The maximum absolute atomic E-state index is 13.8. The van der Waals surface area contributed by atoms with E-state index in [9.17, 15) is 29.3 Å². The van der Waals surface area contributed by atoms with Crippen LogP contribution < -0.4 is 4.74 Å². The molecule has 0 saturated heterocycles. The highest BCUT2D eigenvalue weighted by molar-refractivity contribution is 9.10. The highest BCUT2D eigenvalue weighted by Gasteiger charge is 2.55. The number of non-ortho nitro benzene ring substituents is 1. The molecule has 46 heavy (non-hydrogen) atoms. The lowest BCUT2D eigenvalue weighted by Crippen LogP contribution is -2.49. The van der Waals surface area contributed by atoms with Gasteiger partial charge in [0.05, 0.1) is 17.6 Å². The first-order valence-electron chi connectivity index (χ1n) is 13.5. The lowest BCUT2D eigenvalue weighted by atomic mass is 9.89. The predicted octanol–water partition coefficient (Wildman–Crippen LogP) is 5.58. The molecule has 0 aromatic heterocycles. The van der Waals surface area contributed by atoms with Crippen molar-refractivity contribution in [3.8, 4) is 5.75 Å². The topological polar surface area (TPSA) is 158 Å². The summed E-state index contributed by atoms with van der Waals surface area (Å²) in [6, 6.07) is 24.0. The van der Waals surface area contributed by atoms with Crippen LogP contribution in [-0.4, -0.2) is 36.4 Å². The van der Waals surface area contributed by atoms with Gasteiger partial charge in [0.1, 0.15) is 25.6 Å². The van der Waals surface area contributed by atoms with Crippen molar-refractivity contribution in [3.63, 3.8) is 0 Å². The fourth-order valence-electron chi connectivity index (χ4n) is 4.25. The number of methoxy groups -OCH3 is 1. The van der Waals surface area contributed by atoms with Crippen LogP contribution in [0.5, 0.6) is 5.75 Å². The van der Waals surface area contributed by atoms with Gasteiger partial charge in [-0.1, -0.05) is 58.4 Å². The first kappa shape index (κ1) is 33.3. The van der Waals surface area contributed by atoms with Crippen molar-refractivity contribution in [1.29, 1.82) is 0 Å². The van der Waals surface area contributed by atoms with Gasteiger partial charge < -0.3 is 23.7 Å². The Bertz CT molecular complexity index is 1710. The molecule has 4 aromatic carbocycles. The van der Waals surface area contributed by atoms with Crippen LogP contribution in [0.4, 0.5) is 5.69 Å². The molecule has 4 rings (SSSR count). The second-order valence-electron chi connectivity index (χ2n) is 9.57. The molecule has 0 heterocycles. The zero-order valence-electron chi connectivity index (χ0n) is 24.3. The van der Waals surface area contributed by atoms with Crippen molar-refractivity contribution in [2.45, 2.75) is 25.4 Å². The van der Waals surface area contributed by atoms with E-state index in [4.69, 9.17) is 23.7 Å². The summed E-state index contributed by atoms with van der Waals surface area (Å²) >= 11 is 3.32. The van der Waals surface area contributed by atoms with Crippen molar-refractivity contribution >= 4 is 46.0 Å². The normalized spacial score (nSPS) is 11.8. The maximum atomic E-state index is 13.8. The highest BCUT2D eigenvalue weighted by Crippen LogP contribution is 2.33. The lowest BCUT2D eigenvalue weighted by molar-refractivity contribution is -0.384. The van der Waals surface area contributed by atoms with E-state index in [0.717, 1.165) is 4.47 Å². The van der Waals surface area contributed by atoms with Gasteiger partial charge in [0.25, 0.3) is 12.2 Å². The Labute approximate surface area is 271 Å². The van der Waals surface area contributed by atoms with Gasteiger partial charge in [0.2, 0.25) is 0 Å². The quantitative estimate of drug-likeness (QED) is 0.0406. The number of nitro groups is 1. The summed E-state index contributed by atoms with van der Waals surface area (Å²) in [5, 5.41) is 11.0. The Morgan fingerprint density at radius 3 is 1.78 bits per heavy atom. The molecule has 12 nitrogen and oxygen atoms in total. The number of benzene rings is 4. The Hall–Kier alpha value is -5.56. The van der Waals surface area contributed by atoms with E-state index in [2.05, 4.69) is 15.9 Å². The van der Waals surface area contributed by atoms with E-state index in [1.54, 1.807) is 48.5 Å². The van der Waals surface area contributed by atoms with Crippen LogP contribution in [0.15, 0.2) is 102 Å². The molecule has 13 heteroatoms. The van der Waals surface area contributed by atoms with Crippen LogP contribution in [0.25, 0.3) is 0 Å². The van der Waals surface area contributed by atoms with E-state index >= 15 is 0 Å². The average molecular weight is 692 g/mol. The Balaban J connectivity index is 1.68. The molecular formula is C33H26BrNO11. The Morgan fingerprint density at radius 1 is 0.761 bits per heavy atom. The third-order valence-corrected chi connectivity index (χ3v) is 7.18. The van der Waals surface area contributed by atoms with E-state index in [-0.39, 0.29) is 36.5 Å². The summed E-state index contributed by atoms with van der Waals surface area (Å²) < 4.78 is 27.5. The van der Waals surface area contributed by atoms with E-state index in [1.807, 2.05) is 0 Å². The largest absolute Gasteiger partial charge is 0.497 e. The van der Waals surface area contributed by atoms with Crippen LogP contribution in [0.3, 0.4) is 0 Å². The monoisotopic (exact) mass is 691 g/mol. The van der Waals surface area contributed by atoms with Gasteiger partial charge in [-0.05, 0) is 59.2 Å². The second-order valence-corrected chi connectivity index (χ2v) is 10.5. The average Bonchev–Trinajstić information content (AvgIpc) is 3.08. The van der Waals surface area contributed by atoms with E-state index < -0.39 is 35.0 Å². The SMILES string of the molecule is COc1ccc(COC(=O)c2ccccc2C(OC=O)(C(=O)OCc2ccc(Br)cc2)C(=O)OCc2ccc([N+](=O)[O-])cc2)cc1. The number of carbonyl (C=O) groups excluding carboxylic acids is 4. The van der Waals surface area contributed by atoms with Gasteiger partial charge in [0.15, 0.2) is 0 Å². The number of hydrogen-bond donors (Lipinski definition) is 0. The predicted molar refractivity (Wildman–Crippen MR) is 164 cm³/mol. The fourth-order valence-corrected chi connectivity index (χ4v) is 4.51. The third kappa shape index (κ3) is 7.93. The molecule has 0 aliphatic rings. The number of nitro benzene ring substituents is 1. The van der Waals surface area contributed by atoms with Gasteiger partial charge >= 0.3 is 23.5 Å². The fraction of sp³-hybridized carbons (Fsp3) is 0.152. The minimum atomic E-state index is -2.90. The molecule has 0 amide bonds. The van der Waals surface area contributed by atoms with Crippen molar-refractivity contribution in [2.24, 2.45) is 0 Å². The summed E-state index contributed by atoms with van der Waals surface area (Å²) in [5.74, 6) is -3.06. The van der Waals surface area contributed by atoms with Gasteiger partial charge in [-0.3, -0.25) is 14.9 Å². The first-order chi connectivity index (χ1) is 22.2. The molecule has 0 fully saturated rings. The first-order valence-corrected chi connectivity index (χ1v) is 14.3. The summed E-state index contributed by atoms with van der Waals surface area (Å²) in [7, 11) is 1.51. The van der Waals surface area contributed by atoms with Crippen molar-refractivity contribution < 1.29 is 47.8 Å². The van der Waals surface area contributed by atoms with Crippen molar-refractivity contribution in [2.75, 3.05) is 7.11 Å². The molecule has 1 atom stereocenters. The van der Waals surface area contributed by atoms with Gasteiger partial charge in [-0.25, -0.2) is 14.4 Å². The summed E-state index contributed by atoms with van der Waals surface area (Å²) in [6.07, 6.45) is 0. The van der Waals surface area contributed by atoms with Gasteiger partial charge in [-0.15, -0.1) is 0 Å². The summed E-state index contributed by atoms with van der Waals surface area (Å²) in [6.45, 7) is -1.09. The van der Waals surface area contributed by atoms with Gasteiger partial charge in [0, 0.05) is 22.2 Å². The molecule has 0 spiro atoms. The molecule has 0 aliphatic heterocycles. The maximum Gasteiger partial charge on any atom is 0.367 e. The Kier molecular flexibility index (Phi) is 11.2. The standard InChI is InChI=1S/C33H26BrNO11/c1-42-27-16-10-24(11-17-27)18-43-30(37)28-4-2-3-5-29(28)33(46-21-36,31(38)44-19-22-6-12-25(34)13-7-22)32(39)45-20-23-8-14-26(15-9-23)35(40)41/h2-17,21H,18-20H2,1H3. The summed E-state index contributed by atoms with van der Waals surface area (Å²) in [5.41, 5.74) is -2.22. The number of rotatable bonds is 14. The molecule has 0 saturated carbocycles. The number of halogens is 1. The zero-order valence-corrected chi connectivity index (χ0v) is 25.8. The number of carbonyl (C=O) groups is 4. The highest BCUT2D eigenvalue weighted by atomic mass is 79.9. The molecule has 0 radical (unpaired) electrons. The number of ether oxygens (including phenoxy) is 5.